The fourth-order valence-corrected chi connectivity index (χ4v) is 2.75. The zero-order valence-electron chi connectivity index (χ0n) is 16.0. The molecule has 0 saturated carbocycles. The molecule has 0 spiro atoms. The van der Waals surface area contributed by atoms with Crippen LogP contribution in [-0.4, -0.2) is 30.1 Å². The molecule has 0 radical (unpaired) electrons. The fraction of sp³-hybridized carbons (Fsp3) is 0.182. The number of fused-ring (bicyclic) bond motifs is 1. The van der Waals surface area contributed by atoms with E-state index in [1.165, 1.54) is 25.3 Å². The smallest absolute Gasteiger partial charge is 0.349 e. The molecule has 7 heteroatoms. The summed E-state index contributed by atoms with van der Waals surface area (Å²) < 4.78 is 10.3. The molecule has 3 rings (SSSR count). The molecule has 2 aromatic carbocycles. The Hall–Kier alpha value is -3.74. The van der Waals surface area contributed by atoms with Crippen molar-refractivity contribution in [2.45, 2.75) is 20.3 Å². The molecule has 1 aliphatic rings. The van der Waals surface area contributed by atoms with Gasteiger partial charge in [0.05, 0.1) is 23.3 Å². The number of Topliss-reactive ketones (excluding diaryl/α,β-unsaturated/α-hetero) is 2. The van der Waals surface area contributed by atoms with Crippen molar-refractivity contribution in [1.29, 1.82) is 0 Å². The average Bonchev–Trinajstić information content (AvgIpc) is 2.71. The number of anilines is 1. The third kappa shape index (κ3) is 4.24. The predicted octanol–water partition coefficient (Wildman–Crippen LogP) is 3.55. The second-order valence-corrected chi connectivity index (χ2v) is 6.37. The van der Waals surface area contributed by atoms with Gasteiger partial charge < -0.3 is 14.8 Å². The van der Waals surface area contributed by atoms with Crippen LogP contribution in [0.4, 0.5) is 5.69 Å². The summed E-state index contributed by atoms with van der Waals surface area (Å²) in [6.07, 6.45) is 1.98. The molecule has 0 aromatic heterocycles. The van der Waals surface area contributed by atoms with Gasteiger partial charge in [0.1, 0.15) is 5.57 Å². The number of esters is 2. The molecule has 148 valence electrons. The zero-order chi connectivity index (χ0) is 21.0. The summed E-state index contributed by atoms with van der Waals surface area (Å²) in [5, 5.41) is 2.85. The number of carbonyl (C=O) groups excluding carboxylic acids is 4. The van der Waals surface area contributed by atoms with Crippen LogP contribution in [0.1, 0.15) is 51.3 Å². The minimum absolute atomic E-state index is 0.0119. The van der Waals surface area contributed by atoms with Gasteiger partial charge in [-0.2, -0.15) is 0 Å². The molecule has 1 heterocycles. The maximum absolute atomic E-state index is 12.7. The Labute approximate surface area is 167 Å². The van der Waals surface area contributed by atoms with Gasteiger partial charge in [-0.05, 0) is 49.7 Å². The van der Waals surface area contributed by atoms with Crippen LogP contribution < -0.4 is 10.1 Å². The SMILES string of the molecule is CCCOC(=O)c1ccc(NC=C2C(=O)Oc3c(C(C)=O)cccc3C2=O)cc1. The fourth-order valence-electron chi connectivity index (χ4n) is 2.75. The minimum Gasteiger partial charge on any atom is -0.462 e. The normalized spacial score (nSPS) is 14.2. The van der Waals surface area contributed by atoms with E-state index in [1.54, 1.807) is 30.3 Å². The van der Waals surface area contributed by atoms with E-state index in [2.05, 4.69) is 5.32 Å². The molecule has 1 N–H and O–H groups in total. The lowest BCUT2D eigenvalue weighted by Crippen LogP contribution is -2.27. The maximum atomic E-state index is 12.7. The summed E-state index contributed by atoms with van der Waals surface area (Å²) in [6, 6.07) is 11.0. The van der Waals surface area contributed by atoms with E-state index in [0.717, 1.165) is 6.42 Å². The molecule has 0 unspecified atom stereocenters. The molecule has 7 nitrogen and oxygen atoms in total. The molecule has 2 aromatic rings. The quantitative estimate of drug-likeness (QED) is 0.263. The minimum atomic E-state index is -0.844. The van der Waals surface area contributed by atoms with Crippen LogP contribution in [-0.2, 0) is 9.53 Å². The Kier molecular flexibility index (Phi) is 5.87. The van der Waals surface area contributed by atoms with E-state index < -0.39 is 17.7 Å². The van der Waals surface area contributed by atoms with Crippen LogP contribution in [0.3, 0.4) is 0 Å². The molecule has 0 saturated heterocycles. The second-order valence-electron chi connectivity index (χ2n) is 6.37. The summed E-state index contributed by atoms with van der Waals surface area (Å²) in [5.41, 5.74) is 1.11. The number of ketones is 2. The van der Waals surface area contributed by atoms with Gasteiger partial charge in [-0.3, -0.25) is 9.59 Å². The Morgan fingerprint density at radius 3 is 2.48 bits per heavy atom. The van der Waals surface area contributed by atoms with Crippen molar-refractivity contribution in [3.05, 3.63) is 70.9 Å². The number of rotatable bonds is 6. The largest absolute Gasteiger partial charge is 0.462 e. The molecule has 1 aliphatic heterocycles. The van der Waals surface area contributed by atoms with Crippen LogP contribution in [0.25, 0.3) is 0 Å². The number of ether oxygens (including phenoxy) is 2. The number of hydrogen-bond donors (Lipinski definition) is 1. The highest BCUT2D eigenvalue weighted by molar-refractivity contribution is 6.28. The summed E-state index contributed by atoms with van der Waals surface area (Å²) in [7, 11) is 0. The number of nitrogens with one attached hydrogen (secondary N) is 1. The molecular formula is C22H19NO6. The van der Waals surface area contributed by atoms with E-state index >= 15 is 0 Å². The van der Waals surface area contributed by atoms with E-state index in [-0.39, 0.29) is 28.2 Å². The van der Waals surface area contributed by atoms with Gasteiger partial charge in [0.15, 0.2) is 11.5 Å². The molecule has 29 heavy (non-hydrogen) atoms. The summed E-state index contributed by atoms with van der Waals surface area (Å²) in [4.78, 5) is 48.5. The van der Waals surface area contributed by atoms with Gasteiger partial charge in [0.2, 0.25) is 5.78 Å². The van der Waals surface area contributed by atoms with Gasteiger partial charge in [-0.25, -0.2) is 9.59 Å². The van der Waals surface area contributed by atoms with Crippen molar-refractivity contribution in [3.8, 4) is 5.75 Å². The number of para-hydroxylation sites is 1. The molecule has 0 amide bonds. The van der Waals surface area contributed by atoms with Crippen molar-refractivity contribution >= 4 is 29.2 Å². The monoisotopic (exact) mass is 393 g/mol. The summed E-state index contributed by atoms with van der Waals surface area (Å²) in [6.45, 7) is 3.59. The predicted molar refractivity (Wildman–Crippen MR) is 105 cm³/mol. The van der Waals surface area contributed by atoms with Crippen LogP contribution in [0.5, 0.6) is 5.75 Å². The molecular weight excluding hydrogens is 374 g/mol. The van der Waals surface area contributed by atoms with Crippen LogP contribution in [0, 0.1) is 0 Å². The second kappa shape index (κ2) is 8.52. The number of benzene rings is 2. The maximum Gasteiger partial charge on any atom is 0.349 e. The van der Waals surface area contributed by atoms with E-state index in [4.69, 9.17) is 9.47 Å². The standard InChI is InChI=1S/C22H19NO6/c1-3-11-28-21(26)14-7-9-15(10-8-14)23-12-18-19(25)17-6-4-5-16(13(2)24)20(17)29-22(18)27/h4-10,12,23H,3,11H2,1-2H3. The average molecular weight is 393 g/mol. The van der Waals surface area contributed by atoms with Crippen LogP contribution >= 0.6 is 0 Å². The first-order chi connectivity index (χ1) is 13.9. The molecule has 0 fully saturated rings. The lowest BCUT2D eigenvalue weighted by molar-refractivity contribution is -0.130. The van der Waals surface area contributed by atoms with E-state index in [9.17, 15) is 19.2 Å². The first kappa shape index (κ1) is 20.0. The van der Waals surface area contributed by atoms with Gasteiger partial charge in [-0.15, -0.1) is 0 Å². The molecule has 0 bridgehead atoms. The highest BCUT2D eigenvalue weighted by Gasteiger charge is 2.33. The lowest BCUT2D eigenvalue weighted by Gasteiger charge is -2.19. The van der Waals surface area contributed by atoms with E-state index in [1.807, 2.05) is 6.92 Å². The zero-order valence-corrected chi connectivity index (χ0v) is 16.0. The highest BCUT2D eigenvalue weighted by Crippen LogP contribution is 2.31. The number of carbonyl (C=O) groups is 4. The van der Waals surface area contributed by atoms with Crippen LogP contribution in [0.15, 0.2) is 54.2 Å². The number of hydrogen-bond acceptors (Lipinski definition) is 7. The third-order valence-corrected chi connectivity index (χ3v) is 4.24. The first-order valence-electron chi connectivity index (χ1n) is 9.07. The topological polar surface area (TPSA) is 98.8 Å². The third-order valence-electron chi connectivity index (χ3n) is 4.24. The van der Waals surface area contributed by atoms with E-state index in [0.29, 0.717) is 17.9 Å². The Balaban J connectivity index is 1.78. The van der Waals surface area contributed by atoms with Crippen molar-refractivity contribution in [1.82, 2.24) is 0 Å². The van der Waals surface area contributed by atoms with Gasteiger partial charge in [0, 0.05) is 11.9 Å². The van der Waals surface area contributed by atoms with Crippen molar-refractivity contribution in [2.75, 3.05) is 11.9 Å². The van der Waals surface area contributed by atoms with Crippen molar-refractivity contribution < 1.29 is 28.7 Å². The summed E-state index contributed by atoms with van der Waals surface area (Å²) in [5.74, 6) is -2.11. The Bertz CT molecular complexity index is 1020. The van der Waals surface area contributed by atoms with Crippen molar-refractivity contribution in [2.24, 2.45) is 0 Å². The summed E-state index contributed by atoms with van der Waals surface area (Å²) >= 11 is 0. The molecule has 0 atom stereocenters. The Morgan fingerprint density at radius 1 is 1.10 bits per heavy atom. The lowest BCUT2D eigenvalue weighted by atomic mass is 9.96. The van der Waals surface area contributed by atoms with Gasteiger partial charge in [-0.1, -0.05) is 13.0 Å². The van der Waals surface area contributed by atoms with Crippen molar-refractivity contribution in [3.63, 3.8) is 0 Å². The first-order valence-corrected chi connectivity index (χ1v) is 9.07. The van der Waals surface area contributed by atoms with Gasteiger partial charge >= 0.3 is 11.9 Å². The molecule has 0 aliphatic carbocycles. The Morgan fingerprint density at radius 2 is 1.83 bits per heavy atom. The van der Waals surface area contributed by atoms with Gasteiger partial charge in [0.25, 0.3) is 0 Å². The van der Waals surface area contributed by atoms with Crippen LogP contribution in [0.2, 0.25) is 0 Å². The highest BCUT2D eigenvalue weighted by atomic mass is 16.5.